The van der Waals surface area contributed by atoms with E-state index in [9.17, 15) is 14.4 Å². The average Bonchev–Trinajstić information content (AvgIpc) is 3.38. The van der Waals surface area contributed by atoms with E-state index in [4.69, 9.17) is 14.2 Å². The van der Waals surface area contributed by atoms with Crippen molar-refractivity contribution in [2.75, 3.05) is 13.2 Å². The van der Waals surface area contributed by atoms with Crippen LogP contribution in [0.1, 0.15) is 271 Å². The molecule has 1 unspecified atom stereocenters. The number of carbonyl (C=O) groups is 3. The third-order valence-electron chi connectivity index (χ3n) is 12.5. The van der Waals surface area contributed by atoms with Gasteiger partial charge in [-0.25, -0.2) is 0 Å². The molecule has 0 spiro atoms. The molecular weight excluding hydrogens is 889 g/mol. The molecule has 72 heavy (non-hydrogen) atoms. The molecule has 0 aliphatic heterocycles. The van der Waals surface area contributed by atoms with Crippen LogP contribution >= 0.6 is 0 Å². The highest BCUT2D eigenvalue weighted by Crippen LogP contribution is 2.14. The van der Waals surface area contributed by atoms with E-state index in [0.29, 0.717) is 19.3 Å². The lowest BCUT2D eigenvalue weighted by molar-refractivity contribution is -0.167. The summed E-state index contributed by atoms with van der Waals surface area (Å²) in [4.78, 5) is 38.2. The first-order chi connectivity index (χ1) is 35.5. The van der Waals surface area contributed by atoms with Gasteiger partial charge >= 0.3 is 17.9 Å². The summed E-state index contributed by atoms with van der Waals surface area (Å²) in [6.07, 6.45) is 80.7. The Morgan fingerprint density at radius 3 is 0.889 bits per heavy atom. The van der Waals surface area contributed by atoms with E-state index in [-0.39, 0.29) is 31.1 Å². The normalized spacial score (nSPS) is 12.9. The third-order valence-corrected chi connectivity index (χ3v) is 12.5. The van der Waals surface area contributed by atoms with Gasteiger partial charge in [0.2, 0.25) is 0 Å². The van der Waals surface area contributed by atoms with Gasteiger partial charge in [-0.1, -0.05) is 233 Å². The molecule has 0 heterocycles. The van der Waals surface area contributed by atoms with Gasteiger partial charge in [-0.3, -0.25) is 14.4 Å². The predicted molar refractivity (Wildman–Crippen MR) is 311 cm³/mol. The second-order valence-electron chi connectivity index (χ2n) is 19.5. The van der Waals surface area contributed by atoms with Crippen molar-refractivity contribution in [2.45, 2.75) is 277 Å². The lowest BCUT2D eigenvalue weighted by atomic mass is 10.1. The zero-order valence-corrected chi connectivity index (χ0v) is 46.9. The number of allylic oxidation sites excluding steroid dienone is 18. The van der Waals surface area contributed by atoms with Crippen LogP contribution in [0.15, 0.2) is 109 Å². The fourth-order valence-corrected chi connectivity index (χ4v) is 8.00. The molecule has 0 aliphatic carbocycles. The molecule has 0 amide bonds. The summed E-state index contributed by atoms with van der Waals surface area (Å²) in [7, 11) is 0. The van der Waals surface area contributed by atoms with Crippen LogP contribution in [-0.4, -0.2) is 37.2 Å². The molecule has 410 valence electrons. The first-order valence-electron chi connectivity index (χ1n) is 29.9. The number of carbonyl (C=O) groups excluding carboxylic acids is 3. The van der Waals surface area contributed by atoms with Gasteiger partial charge in [-0.05, 0) is 128 Å². The Labute approximate surface area is 444 Å². The zero-order valence-electron chi connectivity index (χ0n) is 46.9. The predicted octanol–water partition coefficient (Wildman–Crippen LogP) is 20.3. The van der Waals surface area contributed by atoms with Gasteiger partial charge in [0.15, 0.2) is 6.10 Å². The SMILES string of the molecule is CC/C=C\C/C=C\C/C=C\C/C=C\C/C=C\CCCCCCCC(=O)OCC(COC(=O)CCCCCCC/C=C\CCCCCCC)OC(=O)CCCCCCCC/C=C\C/C=C\C/C=C\CCCCC. The molecule has 6 nitrogen and oxygen atoms in total. The minimum absolute atomic E-state index is 0.0953. The fourth-order valence-electron chi connectivity index (χ4n) is 8.00. The molecule has 6 heteroatoms. The zero-order chi connectivity index (χ0) is 52.2. The highest BCUT2D eigenvalue weighted by molar-refractivity contribution is 5.71. The quantitative estimate of drug-likeness (QED) is 0.0261. The molecule has 0 aromatic carbocycles. The van der Waals surface area contributed by atoms with Crippen molar-refractivity contribution >= 4 is 17.9 Å². The first-order valence-corrected chi connectivity index (χ1v) is 29.9. The Balaban J connectivity index is 4.46. The summed E-state index contributed by atoms with van der Waals surface area (Å²) in [6.45, 7) is 6.46. The number of hydrogen-bond donors (Lipinski definition) is 0. The van der Waals surface area contributed by atoms with Crippen LogP contribution < -0.4 is 0 Å². The largest absolute Gasteiger partial charge is 0.462 e. The second-order valence-corrected chi connectivity index (χ2v) is 19.5. The molecule has 1 atom stereocenters. The lowest BCUT2D eigenvalue weighted by Gasteiger charge is -2.18. The third kappa shape index (κ3) is 57.0. The summed E-state index contributed by atoms with van der Waals surface area (Å²) in [5.41, 5.74) is 0. The van der Waals surface area contributed by atoms with E-state index >= 15 is 0 Å². The van der Waals surface area contributed by atoms with Crippen LogP contribution in [0, 0.1) is 0 Å². The monoisotopic (exact) mass is 999 g/mol. The molecule has 0 aromatic heterocycles. The summed E-state index contributed by atoms with van der Waals surface area (Å²) in [6, 6.07) is 0. The number of ether oxygens (including phenoxy) is 3. The molecule has 0 aromatic rings. The summed E-state index contributed by atoms with van der Waals surface area (Å²) in [5, 5.41) is 0. The Morgan fingerprint density at radius 2 is 0.542 bits per heavy atom. The van der Waals surface area contributed by atoms with E-state index in [1.807, 2.05) is 0 Å². The van der Waals surface area contributed by atoms with E-state index in [1.54, 1.807) is 0 Å². The molecule has 0 bridgehead atoms. The summed E-state index contributed by atoms with van der Waals surface area (Å²) in [5.74, 6) is -0.932. The van der Waals surface area contributed by atoms with Crippen LogP contribution in [-0.2, 0) is 28.6 Å². The van der Waals surface area contributed by atoms with Gasteiger partial charge < -0.3 is 14.2 Å². The van der Waals surface area contributed by atoms with E-state index in [0.717, 1.165) is 141 Å². The fraction of sp³-hybridized carbons (Fsp3) is 0.682. The van der Waals surface area contributed by atoms with E-state index in [2.05, 4.69) is 130 Å². The van der Waals surface area contributed by atoms with Crippen molar-refractivity contribution in [2.24, 2.45) is 0 Å². The molecule has 0 saturated carbocycles. The molecule has 0 radical (unpaired) electrons. The van der Waals surface area contributed by atoms with E-state index in [1.165, 1.54) is 89.9 Å². The number of hydrogen-bond acceptors (Lipinski definition) is 6. The summed E-state index contributed by atoms with van der Waals surface area (Å²) >= 11 is 0. The van der Waals surface area contributed by atoms with Crippen LogP contribution in [0.2, 0.25) is 0 Å². The first kappa shape index (κ1) is 68.1. The van der Waals surface area contributed by atoms with Crippen molar-refractivity contribution in [1.29, 1.82) is 0 Å². The minimum atomic E-state index is -0.800. The Kier molecular flexibility index (Phi) is 56.4. The number of esters is 3. The Hall–Kier alpha value is -3.93. The number of unbranched alkanes of at least 4 members (excludes halogenated alkanes) is 24. The van der Waals surface area contributed by atoms with Crippen molar-refractivity contribution in [1.82, 2.24) is 0 Å². The van der Waals surface area contributed by atoms with Gasteiger partial charge in [-0.15, -0.1) is 0 Å². The highest BCUT2D eigenvalue weighted by Gasteiger charge is 2.19. The standard InChI is InChI=1S/C66H110O6/c1-4-7-10-13-16-19-22-25-28-30-32-33-35-36-38-41-44-47-50-53-56-59-65(68)71-62-63(61-70-64(67)58-55-52-49-46-43-40-27-24-21-18-15-12-9-6-3)72-66(69)60-57-54-51-48-45-42-39-37-34-31-29-26-23-20-17-14-11-8-5-2/h7,10,16-17,19-20,24-29,32-34,36-38,63H,4-6,8-9,11-15,18,21-23,30-31,35,39-62H2,1-3H3/b10-7-,19-16-,20-17-,27-24-,28-25-,29-26-,33-32-,37-34-,38-36-. The van der Waals surface area contributed by atoms with Crippen molar-refractivity contribution in [3.8, 4) is 0 Å². The maximum absolute atomic E-state index is 12.9. The van der Waals surface area contributed by atoms with Crippen molar-refractivity contribution < 1.29 is 28.6 Å². The Bertz CT molecular complexity index is 1470. The molecular formula is C66H110O6. The molecule has 0 rings (SSSR count). The van der Waals surface area contributed by atoms with Gasteiger partial charge in [-0.2, -0.15) is 0 Å². The molecule has 0 aliphatic rings. The summed E-state index contributed by atoms with van der Waals surface area (Å²) < 4.78 is 16.9. The van der Waals surface area contributed by atoms with Crippen LogP contribution in [0.4, 0.5) is 0 Å². The molecule has 0 N–H and O–H groups in total. The minimum Gasteiger partial charge on any atom is -0.462 e. The van der Waals surface area contributed by atoms with Crippen molar-refractivity contribution in [3.63, 3.8) is 0 Å². The lowest BCUT2D eigenvalue weighted by Crippen LogP contribution is -2.30. The Morgan fingerprint density at radius 1 is 0.292 bits per heavy atom. The van der Waals surface area contributed by atoms with Gasteiger partial charge in [0.05, 0.1) is 0 Å². The van der Waals surface area contributed by atoms with Gasteiger partial charge in [0.1, 0.15) is 13.2 Å². The second kappa shape index (κ2) is 59.6. The maximum Gasteiger partial charge on any atom is 0.306 e. The topological polar surface area (TPSA) is 78.9 Å². The van der Waals surface area contributed by atoms with E-state index < -0.39 is 6.10 Å². The van der Waals surface area contributed by atoms with Crippen LogP contribution in [0.3, 0.4) is 0 Å². The van der Waals surface area contributed by atoms with Gasteiger partial charge in [0.25, 0.3) is 0 Å². The number of rotatable bonds is 53. The van der Waals surface area contributed by atoms with Gasteiger partial charge in [0, 0.05) is 19.3 Å². The maximum atomic E-state index is 12.9. The molecule has 0 fully saturated rings. The average molecular weight is 1000 g/mol. The van der Waals surface area contributed by atoms with Crippen LogP contribution in [0.25, 0.3) is 0 Å². The van der Waals surface area contributed by atoms with Crippen molar-refractivity contribution in [3.05, 3.63) is 109 Å². The molecule has 0 saturated heterocycles. The highest BCUT2D eigenvalue weighted by atomic mass is 16.6. The smallest absolute Gasteiger partial charge is 0.306 e. The van der Waals surface area contributed by atoms with Crippen LogP contribution in [0.5, 0.6) is 0 Å².